The lowest BCUT2D eigenvalue weighted by Crippen LogP contribution is -2.15. The summed E-state index contributed by atoms with van der Waals surface area (Å²) in [5, 5.41) is 3.16. The van der Waals surface area contributed by atoms with Gasteiger partial charge in [-0.2, -0.15) is 0 Å². The normalized spacial score (nSPS) is 11.6. The maximum atomic E-state index is 11.2. The number of esters is 1. The zero-order valence-corrected chi connectivity index (χ0v) is 10.8. The molecule has 0 fully saturated rings. The maximum Gasteiger partial charge on any atom is 0.325 e. The summed E-state index contributed by atoms with van der Waals surface area (Å²) < 4.78 is 4.65. The summed E-state index contributed by atoms with van der Waals surface area (Å²) in [6.45, 7) is 0.198. The van der Waals surface area contributed by atoms with E-state index >= 15 is 0 Å². The highest BCUT2D eigenvalue weighted by Gasteiger charge is 2.20. The van der Waals surface area contributed by atoms with Gasteiger partial charge >= 0.3 is 5.97 Å². The van der Waals surface area contributed by atoms with Gasteiger partial charge in [-0.25, -0.2) is 0 Å². The number of fused-ring (bicyclic) bond motifs is 3. The van der Waals surface area contributed by atoms with Gasteiger partial charge in [0.2, 0.25) is 0 Å². The number of carbonyl (C=O) groups is 1. The van der Waals surface area contributed by atoms with Gasteiger partial charge in [-0.3, -0.25) is 4.79 Å². The van der Waals surface area contributed by atoms with Crippen molar-refractivity contribution in [2.24, 2.45) is 0 Å². The van der Waals surface area contributed by atoms with E-state index in [1.807, 2.05) is 12.1 Å². The average molecular weight is 253 g/mol. The summed E-state index contributed by atoms with van der Waals surface area (Å²) in [5.41, 5.74) is 6.15. The number of methoxy groups -OCH3 is 1. The Bertz CT molecular complexity index is 634. The molecule has 3 nitrogen and oxygen atoms in total. The molecule has 0 amide bonds. The first-order chi connectivity index (χ1) is 9.29. The lowest BCUT2D eigenvalue weighted by atomic mass is 10.1. The monoisotopic (exact) mass is 253 g/mol. The molecule has 1 aliphatic rings. The number of ether oxygens (including phenoxy) is 1. The predicted octanol–water partition coefficient (Wildman–Crippen LogP) is 2.84. The minimum atomic E-state index is -0.256. The lowest BCUT2D eigenvalue weighted by molar-refractivity contribution is -0.138. The molecule has 2 aromatic carbocycles. The zero-order chi connectivity index (χ0) is 13.2. The van der Waals surface area contributed by atoms with Crippen molar-refractivity contribution in [3.8, 4) is 11.1 Å². The molecule has 0 aliphatic heterocycles. The van der Waals surface area contributed by atoms with Crippen molar-refractivity contribution in [1.29, 1.82) is 0 Å². The molecule has 0 unspecified atom stereocenters. The van der Waals surface area contributed by atoms with Gasteiger partial charge in [-0.1, -0.05) is 36.4 Å². The number of benzene rings is 2. The third kappa shape index (κ3) is 2.08. The van der Waals surface area contributed by atoms with E-state index in [2.05, 4.69) is 40.4 Å². The fourth-order valence-electron chi connectivity index (χ4n) is 2.56. The van der Waals surface area contributed by atoms with Gasteiger partial charge < -0.3 is 10.1 Å². The molecule has 1 N–H and O–H groups in total. The third-order valence-corrected chi connectivity index (χ3v) is 3.50. The van der Waals surface area contributed by atoms with Crippen LogP contribution in [0.1, 0.15) is 11.1 Å². The number of anilines is 1. The second-order valence-corrected chi connectivity index (χ2v) is 4.60. The van der Waals surface area contributed by atoms with E-state index in [0.29, 0.717) is 0 Å². The highest BCUT2D eigenvalue weighted by Crippen LogP contribution is 2.39. The largest absolute Gasteiger partial charge is 0.468 e. The Labute approximate surface area is 112 Å². The number of nitrogens with one attached hydrogen (secondary N) is 1. The fourth-order valence-corrected chi connectivity index (χ4v) is 2.56. The second kappa shape index (κ2) is 4.76. The smallest absolute Gasteiger partial charge is 0.325 e. The van der Waals surface area contributed by atoms with Crippen LogP contribution in [0, 0.1) is 0 Å². The molecule has 96 valence electrons. The molecule has 0 bridgehead atoms. The van der Waals surface area contributed by atoms with E-state index in [4.69, 9.17) is 0 Å². The van der Waals surface area contributed by atoms with Crippen LogP contribution in [-0.2, 0) is 16.0 Å². The van der Waals surface area contributed by atoms with E-state index in [9.17, 15) is 4.79 Å². The summed E-state index contributed by atoms with van der Waals surface area (Å²) in [7, 11) is 1.40. The van der Waals surface area contributed by atoms with E-state index in [0.717, 1.165) is 12.1 Å². The minimum absolute atomic E-state index is 0.198. The van der Waals surface area contributed by atoms with Crippen LogP contribution in [-0.4, -0.2) is 19.6 Å². The molecule has 0 saturated heterocycles. The van der Waals surface area contributed by atoms with E-state index < -0.39 is 0 Å². The minimum Gasteiger partial charge on any atom is -0.468 e. The van der Waals surface area contributed by atoms with Crippen molar-refractivity contribution >= 4 is 11.7 Å². The van der Waals surface area contributed by atoms with Gasteiger partial charge in [0.25, 0.3) is 0 Å². The van der Waals surface area contributed by atoms with Crippen molar-refractivity contribution in [2.75, 3.05) is 19.0 Å². The van der Waals surface area contributed by atoms with Crippen LogP contribution < -0.4 is 5.32 Å². The SMILES string of the molecule is COC(=O)CNc1cccc2c1Cc1ccccc1-2. The number of hydrogen-bond donors (Lipinski definition) is 1. The number of carbonyl (C=O) groups excluding carboxylic acids is 1. The van der Waals surface area contributed by atoms with Crippen molar-refractivity contribution in [2.45, 2.75) is 6.42 Å². The Morgan fingerprint density at radius 2 is 1.95 bits per heavy atom. The number of rotatable bonds is 3. The van der Waals surface area contributed by atoms with E-state index in [-0.39, 0.29) is 12.5 Å². The van der Waals surface area contributed by atoms with Crippen molar-refractivity contribution < 1.29 is 9.53 Å². The Morgan fingerprint density at radius 1 is 1.16 bits per heavy atom. The lowest BCUT2D eigenvalue weighted by Gasteiger charge is -2.10. The molecular formula is C16H15NO2. The summed E-state index contributed by atoms with van der Waals surface area (Å²) >= 11 is 0. The average Bonchev–Trinajstić information content (AvgIpc) is 2.84. The van der Waals surface area contributed by atoms with Crippen LogP contribution in [0.15, 0.2) is 42.5 Å². The topological polar surface area (TPSA) is 38.3 Å². The standard InChI is InChI=1S/C16H15NO2/c1-19-16(18)10-17-15-8-4-7-13-12-6-3-2-5-11(12)9-14(13)15/h2-8,17H,9-10H2,1H3. The Balaban J connectivity index is 1.92. The first kappa shape index (κ1) is 11.8. The molecule has 19 heavy (non-hydrogen) atoms. The molecule has 0 saturated carbocycles. The molecule has 0 atom stereocenters. The van der Waals surface area contributed by atoms with Gasteiger partial charge in [0.05, 0.1) is 7.11 Å². The molecule has 3 heteroatoms. The van der Waals surface area contributed by atoms with Crippen LogP contribution in [0.5, 0.6) is 0 Å². The van der Waals surface area contributed by atoms with Crippen molar-refractivity contribution in [3.05, 3.63) is 53.6 Å². The van der Waals surface area contributed by atoms with Crippen LogP contribution in [0.4, 0.5) is 5.69 Å². The van der Waals surface area contributed by atoms with Crippen molar-refractivity contribution in [3.63, 3.8) is 0 Å². The highest BCUT2D eigenvalue weighted by atomic mass is 16.5. The first-order valence-corrected chi connectivity index (χ1v) is 6.30. The maximum absolute atomic E-state index is 11.2. The Kier molecular flexibility index (Phi) is 2.95. The third-order valence-electron chi connectivity index (χ3n) is 3.50. The molecule has 2 aromatic rings. The predicted molar refractivity (Wildman–Crippen MR) is 75.2 cm³/mol. The molecule has 0 heterocycles. The summed E-state index contributed by atoms with van der Waals surface area (Å²) in [4.78, 5) is 11.2. The fraction of sp³-hybridized carbons (Fsp3) is 0.188. The first-order valence-electron chi connectivity index (χ1n) is 6.30. The van der Waals surface area contributed by atoms with Crippen molar-refractivity contribution in [1.82, 2.24) is 0 Å². The summed E-state index contributed by atoms with van der Waals surface area (Å²) in [6.07, 6.45) is 0.913. The Morgan fingerprint density at radius 3 is 2.79 bits per heavy atom. The van der Waals surface area contributed by atoms with Gasteiger partial charge in [0.15, 0.2) is 0 Å². The summed E-state index contributed by atoms with van der Waals surface area (Å²) in [6, 6.07) is 14.6. The summed E-state index contributed by atoms with van der Waals surface area (Å²) in [5.74, 6) is -0.256. The van der Waals surface area contributed by atoms with E-state index in [1.165, 1.54) is 29.4 Å². The van der Waals surface area contributed by atoms with E-state index in [1.54, 1.807) is 0 Å². The molecule has 3 rings (SSSR count). The molecule has 0 aromatic heterocycles. The number of hydrogen-bond acceptors (Lipinski definition) is 3. The van der Waals surface area contributed by atoms with Gasteiger partial charge in [0.1, 0.15) is 6.54 Å². The molecular weight excluding hydrogens is 238 g/mol. The molecule has 0 spiro atoms. The second-order valence-electron chi connectivity index (χ2n) is 4.60. The highest BCUT2D eigenvalue weighted by molar-refractivity contribution is 5.83. The van der Waals surface area contributed by atoms with Gasteiger partial charge in [-0.15, -0.1) is 0 Å². The quantitative estimate of drug-likeness (QED) is 0.729. The molecule has 1 aliphatic carbocycles. The molecule has 0 radical (unpaired) electrons. The Hall–Kier alpha value is -2.29. The van der Waals surface area contributed by atoms with Gasteiger partial charge in [0, 0.05) is 12.1 Å². The van der Waals surface area contributed by atoms with Crippen LogP contribution in [0.2, 0.25) is 0 Å². The van der Waals surface area contributed by atoms with Crippen LogP contribution >= 0.6 is 0 Å². The van der Waals surface area contributed by atoms with Crippen LogP contribution in [0.25, 0.3) is 11.1 Å². The van der Waals surface area contributed by atoms with Crippen LogP contribution in [0.3, 0.4) is 0 Å². The van der Waals surface area contributed by atoms with Gasteiger partial charge in [-0.05, 0) is 28.3 Å². The zero-order valence-electron chi connectivity index (χ0n) is 10.8.